The van der Waals surface area contributed by atoms with Gasteiger partial charge in [0.05, 0.1) is 11.4 Å². The first-order chi connectivity index (χ1) is 12.3. The summed E-state index contributed by atoms with van der Waals surface area (Å²) in [6.45, 7) is 0. The monoisotopic (exact) mass is 318 g/mol. The molecule has 0 saturated heterocycles. The minimum atomic E-state index is 0.708. The number of rotatable bonds is 3. The first kappa shape index (κ1) is 15.3. The maximum Gasteiger partial charge on any atom is 0.160 e. The van der Waals surface area contributed by atoms with Gasteiger partial charge in [-0.2, -0.15) is 0 Å². The third-order valence-corrected chi connectivity index (χ3v) is 4.01. The Hall–Kier alpha value is -3.20. The SMILES string of the molecule is [B]c1cccc(-c2cc(-c3ccccc3)nc(-c3ccccc3)n2)c1. The summed E-state index contributed by atoms with van der Waals surface area (Å²) in [4.78, 5) is 9.55. The zero-order valence-corrected chi connectivity index (χ0v) is 13.6. The molecule has 0 aliphatic rings. The third kappa shape index (κ3) is 3.36. The first-order valence-corrected chi connectivity index (χ1v) is 8.15. The molecule has 2 radical (unpaired) electrons. The molecule has 0 spiro atoms. The molecule has 1 heterocycles. The Morgan fingerprint density at radius 1 is 0.520 bits per heavy atom. The van der Waals surface area contributed by atoms with Crippen molar-refractivity contribution in [2.45, 2.75) is 0 Å². The van der Waals surface area contributed by atoms with Crippen LogP contribution in [-0.2, 0) is 0 Å². The summed E-state index contributed by atoms with van der Waals surface area (Å²) in [7, 11) is 5.95. The second-order valence-corrected chi connectivity index (χ2v) is 5.82. The Labute approximate surface area is 148 Å². The van der Waals surface area contributed by atoms with E-state index in [9.17, 15) is 0 Å². The molecule has 0 N–H and O–H groups in total. The molecule has 1 aromatic heterocycles. The van der Waals surface area contributed by atoms with Crippen molar-refractivity contribution in [3.63, 3.8) is 0 Å². The lowest BCUT2D eigenvalue weighted by Crippen LogP contribution is -2.02. The molecule has 0 amide bonds. The Kier molecular flexibility index (Phi) is 4.13. The molecule has 25 heavy (non-hydrogen) atoms. The summed E-state index contributed by atoms with van der Waals surface area (Å²) in [6, 6.07) is 29.9. The van der Waals surface area contributed by atoms with Gasteiger partial charge in [0.2, 0.25) is 0 Å². The number of hydrogen-bond donors (Lipinski definition) is 0. The predicted octanol–water partition coefficient (Wildman–Crippen LogP) is 4.27. The van der Waals surface area contributed by atoms with Crippen molar-refractivity contribution >= 4 is 13.3 Å². The van der Waals surface area contributed by atoms with Crippen LogP contribution in [0.1, 0.15) is 0 Å². The Balaban J connectivity index is 1.92. The van der Waals surface area contributed by atoms with Gasteiger partial charge in [0, 0.05) is 11.1 Å². The van der Waals surface area contributed by atoms with Crippen molar-refractivity contribution in [3.05, 3.63) is 91.0 Å². The maximum atomic E-state index is 5.95. The van der Waals surface area contributed by atoms with E-state index in [1.807, 2.05) is 78.9 Å². The predicted molar refractivity (Wildman–Crippen MR) is 104 cm³/mol. The van der Waals surface area contributed by atoms with Crippen LogP contribution in [-0.4, -0.2) is 17.8 Å². The van der Waals surface area contributed by atoms with Crippen LogP contribution in [0.25, 0.3) is 33.9 Å². The second-order valence-electron chi connectivity index (χ2n) is 5.82. The molecule has 4 aromatic rings. The lowest BCUT2D eigenvalue weighted by Gasteiger charge is -2.09. The van der Waals surface area contributed by atoms with Crippen LogP contribution in [0, 0.1) is 0 Å². The fraction of sp³-hybridized carbons (Fsp3) is 0. The van der Waals surface area contributed by atoms with E-state index in [0.29, 0.717) is 5.82 Å². The first-order valence-electron chi connectivity index (χ1n) is 8.15. The van der Waals surface area contributed by atoms with Gasteiger partial charge in [0.15, 0.2) is 5.82 Å². The van der Waals surface area contributed by atoms with Crippen molar-refractivity contribution in [1.82, 2.24) is 9.97 Å². The highest BCUT2D eigenvalue weighted by molar-refractivity contribution is 6.32. The molecule has 0 fully saturated rings. The zero-order chi connectivity index (χ0) is 17.1. The molecule has 4 rings (SSSR count). The van der Waals surface area contributed by atoms with Crippen LogP contribution in [0.3, 0.4) is 0 Å². The van der Waals surface area contributed by atoms with Gasteiger partial charge in [-0.15, -0.1) is 0 Å². The maximum absolute atomic E-state index is 5.95. The number of nitrogens with zero attached hydrogens (tertiary/aromatic N) is 2. The highest BCUT2D eigenvalue weighted by Crippen LogP contribution is 2.26. The molecular weight excluding hydrogens is 303 g/mol. The number of benzene rings is 3. The highest BCUT2D eigenvalue weighted by Gasteiger charge is 2.10. The average molecular weight is 318 g/mol. The summed E-state index contributed by atoms with van der Waals surface area (Å²) < 4.78 is 0. The number of hydrogen-bond acceptors (Lipinski definition) is 2. The van der Waals surface area contributed by atoms with Crippen LogP contribution < -0.4 is 5.46 Å². The van der Waals surface area contributed by atoms with Gasteiger partial charge in [-0.25, -0.2) is 9.97 Å². The average Bonchev–Trinajstić information content (AvgIpc) is 2.69. The molecule has 0 aliphatic carbocycles. The topological polar surface area (TPSA) is 25.8 Å². The summed E-state index contributed by atoms with van der Waals surface area (Å²) >= 11 is 0. The van der Waals surface area contributed by atoms with Gasteiger partial charge in [-0.05, 0) is 11.6 Å². The van der Waals surface area contributed by atoms with Crippen LogP contribution >= 0.6 is 0 Å². The highest BCUT2D eigenvalue weighted by atomic mass is 14.9. The molecular formula is C22H15BN2. The summed E-state index contributed by atoms with van der Waals surface area (Å²) in [5, 5.41) is 0. The smallest absolute Gasteiger partial charge is 0.160 e. The molecule has 0 atom stereocenters. The minimum Gasteiger partial charge on any atom is -0.228 e. The lowest BCUT2D eigenvalue weighted by molar-refractivity contribution is 1.18. The van der Waals surface area contributed by atoms with Crippen molar-refractivity contribution in [2.75, 3.05) is 0 Å². The Morgan fingerprint density at radius 2 is 1.08 bits per heavy atom. The second kappa shape index (κ2) is 6.74. The zero-order valence-electron chi connectivity index (χ0n) is 13.6. The number of aromatic nitrogens is 2. The standard InChI is InChI=1S/C22H15BN2/c23-19-13-7-12-18(14-19)21-15-20(16-8-3-1-4-9-16)24-22(25-21)17-10-5-2-6-11-17/h1-15H. The van der Waals surface area contributed by atoms with E-state index in [1.165, 1.54) is 0 Å². The molecule has 3 aromatic carbocycles. The summed E-state index contributed by atoms with van der Waals surface area (Å²) in [5.41, 5.74) is 5.51. The molecule has 0 aliphatic heterocycles. The molecule has 0 bridgehead atoms. The van der Waals surface area contributed by atoms with E-state index in [2.05, 4.69) is 12.1 Å². The molecule has 0 unspecified atom stereocenters. The summed E-state index contributed by atoms with van der Waals surface area (Å²) in [5.74, 6) is 0.708. The van der Waals surface area contributed by atoms with Crippen LogP contribution in [0.5, 0.6) is 0 Å². The normalized spacial score (nSPS) is 10.6. The molecule has 0 saturated carbocycles. The largest absolute Gasteiger partial charge is 0.228 e. The minimum absolute atomic E-state index is 0.708. The van der Waals surface area contributed by atoms with E-state index < -0.39 is 0 Å². The molecule has 116 valence electrons. The van der Waals surface area contributed by atoms with Crippen LogP contribution in [0.4, 0.5) is 0 Å². The lowest BCUT2D eigenvalue weighted by atomic mass is 9.93. The van der Waals surface area contributed by atoms with Gasteiger partial charge >= 0.3 is 0 Å². The fourth-order valence-electron chi connectivity index (χ4n) is 2.77. The molecule has 3 heteroatoms. The van der Waals surface area contributed by atoms with E-state index in [-0.39, 0.29) is 0 Å². The Bertz CT molecular complexity index is 941. The Morgan fingerprint density at radius 3 is 1.72 bits per heavy atom. The van der Waals surface area contributed by atoms with Crippen molar-refractivity contribution in [3.8, 4) is 33.9 Å². The van der Waals surface area contributed by atoms with Crippen molar-refractivity contribution in [2.24, 2.45) is 0 Å². The fourth-order valence-corrected chi connectivity index (χ4v) is 2.77. The van der Waals surface area contributed by atoms with Gasteiger partial charge in [0.25, 0.3) is 0 Å². The van der Waals surface area contributed by atoms with E-state index in [0.717, 1.165) is 33.5 Å². The van der Waals surface area contributed by atoms with Crippen molar-refractivity contribution < 1.29 is 0 Å². The van der Waals surface area contributed by atoms with E-state index >= 15 is 0 Å². The summed E-state index contributed by atoms with van der Waals surface area (Å²) in [6.07, 6.45) is 0. The van der Waals surface area contributed by atoms with Gasteiger partial charge in [0.1, 0.15) is 7.85 Å². The van der Waals surface area contributed by atoms with Gasteiger partial charge in [-0.3, -0.25) is 0 Å². The van der Waals surface area contributed by atoms with E-state index in [4.69, 9.17) is 17.8 Å². The van der Waals surface area contributed by atoms with Crippen molar-refractivity contribution in [1.29, 1.82) is 0 Å². The van der Waals surface area contributed by atoms with Gasteiger partial charge < -0.3 is 0 Å². The quantitative estimate of drug-likeness (QED) is 0.527. The van der Waals surface area contributed by atoms with Crippen LogP contribution in [0.15, 0.2) is 91.0 Å². The third-order valence-electron chi connectivity index (χ3n) is 4.01. The molecule has 2 nitrogen and oxygen atoms in total. The van der Waals surface area contributed by atoms with E-state index in [1.54, 1.807) is 0 Å². The van der Waals surface area contributed by atoms with Gasteiger partial charge in [-0.1, -0.05) is 90.4 Å². The van der Waals surface area contributed by atoms with Crippen LogP contribution in [0.2, 0.25) is 0 Å².